The summed E-state index contributed by atoms with van der Waals surface area (Å²) >= 11 is 0. The van der Waals surface area contributed by atoms with Gasteiger partial charge in [-0.25, -0.2) is 4.98 Å². The van der Waals surface area contributed by atoms with E-state index in [2.05, 4.69) is 59.9 Å². The van der Waals surface area contributed by atoms with Gasteiger partial charge in [-0.15, -0.1) is 0 Å². The van der Waals surface area contributed by atoms with Crippen molar-refractivity contribution < 1.29 is 0 Å². The van der Waals surface area contributed by atoms with E-state index in [1.807, 2.05) is 12.5 Å². The molecule has 2 nitrogen and oxygen atoms in total. The van der Waals surface area contributed by atoms with Gasteiger partial charge in [-0.05, 0) is 24.3 Å². The first-order valence-corrected chi connectivity index (χ1v) is 7.82. The second kappa shape index (κ2) is 7.88. The molecule has 108 valence electrons. The van der Waals surface area contributed by atoms with E-state index in [-0.39, 0.29) is 0 Å². The molecule has 0 aliphatic carbocycles. The fourth-order valence-corrected chi connectivity index (χ4v) is 2.92. The Labute approximate surface area is 122 Å². The molecule has 2 atom stereocenters. The van der Waals surface area contributed by atoms with Gasteiger partial charge in [0, 0.05) is 18.4 Å². The molecule has 0 saturated carbocycles. The van der Waals surface area contributed by atoms with Gasteiger partial charge in [0.25, 0.3) is 0 Å². The van der Waals surface area contributed by atoms with Crippen molar-refractivity contribution >= 4 is 0 Å². The van der Waals surface area contributed by atoms with Crippen LogP contribution in [-0.4, -0.2) is 9.55 Å². The molecule has 1 aromatic heterocycles. The molecule has 1 aromatic carbocycles. The van der Waals surface area contributed by atoms with Crippen LogP contribution in [0, 0.1) is 5.92 Å². The zero-order valence-corrected chi connectivity index (χ0v) is 12.7. The minimum Gasteiger partial charge on any atom is -0.334 e. The molecule has 20 heavy (non-hydrogen) atoms. The van der Waals surface area contributed by atoms with Crippen LogP contribution < -0.4 is 0 Å². The minimum absolute atomic E-state index is 0.559. The van der Waals surface area contributed by atoms with Gasteiger partial charge in [0.2, 0.25) is 0 Å². The summed E-state index contributed by atoms with van der Waals surface area (Å²) in [4.78, 5) is 4.22. The zero-order valence-electron chi connectivity index (χ0n) is 12.7. The van der Waals surface area contributed by atoms with E-state index in [1.54, 1.807) is 0 Å². The van der Waals surface area contributed by atoms with Crippen molar-refractivity contribution in [2.45, 2.75) is 52.0 Å². The van der Waals surface area contributed by atoms with Crippen LogP contribution in [0.1, 0.15) is 51.1 Å². The molecule has 0 spiro atoms. The normalized spacial score (nSPS) is 14.1. The molecule has 0 amide bonds. The SMILES string of the molecule is CCCCCC(C(C)Cc1ccccc1)n1ccnc1. The third-order valence-electron chi connectivity index (χ3n) is 4.07. The lowest BCUT2D eigenvalue weighted by molar-refractivity contribution is 0.319. The van der Waals surface area contributed by atoms with Crippen LogP contribution in [0.25, 0.3) is 0 Å². The molecule has 2 rings (SSSR count). The highest BCUT2D eigenvalue weighted by Gasteiger charge is 2.18. The minimum atomic E-state index is 0.559. The molecule has 0 fully saturated rings. The Balaban J connectivity index is 2.01. The van der Waals surface area contributed by atoms with Crippen molar-refractivity contribution in [3.05, 3.63) is 54.6 Å². The highest BCUT2D eigenvalue weighted by Crippen LogP contribution is 2.27. The van der Waals surface area contributed by atoms with Crippen molar-refractivity contribution in [2.24, 2.45) is 5.92 Å². The van der Waals surface area contributed by atoms with Crippen LogP contribution in [-0.2, 0) is 6.42 Å². The van der Waals surface area contributed by atoms with E-state index in [9.17, 15) is 0 Å². The monoisotopic (exact) mass is 270 g/mol. The number of imidazole rings is 1. The highest BCUT2D eigenvalue weighted by molar-refractivity contribution is 5.15. The summed E-state index contributed by atoms with van der Waals surface area (Å²) in [6, 6.07) is 11.4. The van der Waals surface area contributed by atoms with Crippen molar-refractivity contribution in [3.63, 3.8) is 0 Å². The fraction of sp³-hybridized carbons (Fsp3) is 0.500. The average molecular weight is 270 g/mol. The van der Waals surface area contributed by atoms with Crippen LogP contribution in [0.15, 0.2) is 49.1 Å². The highest BCUT2D eigenvalue weighted by atomic mass is 15.1. The largest absolute Gasteiger partial charge is 0.334 e. The van der Waals surface area contributed by atoms with Gasteiger partial charge in [-0.1, -0.05) is 63.4 Å². The maximum atomic E-state index is 4.22. The molecule has 0 N–H and O–H groups in total. The predicted molar refractivity (Wildman–Crippen MR) is 84.7 cm³/mol. The maximum absolute atomic E-state index is 4.22. The summed E-state index contributed by atoms with van der Waals surface area (Å²) in [5.41, 5.74) is 1.43. The molecule has 1 heterocycles. The van der Waals surface area contributed by atoms with Crippen LogP contribution in [0.3, 0.4) is 0 Å². The molecular formula is C18H26N2. The molecular weight excluding hydrogens is 244 g/mol. The molecule has 2 aromatic rings. The van der Waals surface area contributed by atoms with Crippen molar-refractivity contribution in [1.29, 1.82) is 0 Å². The van der Waals surface area contributed by atoms with Gasteiger partial charge in [0.15, 0.2) is 0 Å². The van der Waals surface area contributed by atoms with Crippen LogP contribution in [0.5, 0.6) is 0 Å². The Bertz CT molecular complexity index is 461. The molecule has 0 bridgehead atoms. The molecule has 2 unspecified atom stereocenters. The van der Waals surface area contributed by atoms with Gasteiger partial charge in [-0.2, -0.15) is 0 Å². The standard InChI is InChI=1S/C18H26N2/c1-3-4-6-11-18(20-13-12-19-15-20)16(2)14-17-9-7-5-8-10-17/h5,7-10,12-13,15-16,18H,3-4,6,11,14H2,1-2H3. The van der Waals surface area contributed by atoms with Gasteiger partial charge < -0.3 is 4.57 Å². The second-order valence-corrected chi connectivity index (χ2v) is 5.74. The van der Waals surface area contributed by atoms with Crippen molar-refractivity contribution in [1.82, 2.24) is 9.55 Å². The van der Waals surface area contributed by atoms with E-state index >= 15 is 0 Å². The van der Waals surface area contributed by atoms with Crippen LogP contribution in [0.2, 0.25) is 0 Å². The Morgan fingerprint density at radius 2 is 1.95 bits per heavy atom. The smallest absolute Gasteiger partial charge is 0.0948 e. The summed E-state index contributed by atoms with van der Waals surface area (Å²) < 4.78 is 2.29. The zero-order chi connectivity index (χ0) is 14.2. The number of nitrogens with zero attached hydrogens (tertiary/aromatic N) is 2. The van der Waals surface area contributed by atoms with Crippen LogP contribution in [0.4, 0.5) is 0 Å². The summed E-state index contributed by atoms with van der Waals surface area (Å²) in [7, 11) is 0. The van der Waals surface area contributed by atoms with Gasteiger partial charge in [-0.3, -0.25) is 0 Å². The van der Waals surface area contributed by atoms with E-state index in [1.165, 1.54) is 31.2 Å². The number of hydrogen-bond donors (Lipinski definition) is 0. The number of unbranched alkanes of at least 4 members (excludes halogenated alkanes) is 2. The first kappa shape index (κ1) is 14.8. The number of hydrogen-bond acceptors (Lipinski definition) is 1. The van der Waals surface area contributed by atoms with E-state index < -0.39 is 0 Å². The third-order valence-corrected chi connectivity index (χ3v) is 4.07. The second-order valence-electron chi connectivity index (χ2n) is 5.74. The summed E-state index contributed by atoms with van der Waals surface area (Å²) in [6.07, 6.45) is 12.3. The average Bonchev–Trinajstić information content (AvgIpc) is 2.98. The Morgan fingerprint density at radius 1 is 1.15 bits per heavy atom. The molecule has 0 aliphatic heterocycles. The van der Waals surface area contributed by atoms with Crippen molar-refractivity contribution in [2.75, 3.05) is 0 Å². The number of rotatable bonds is 8. The molecule has 2 heteroatoms. The topological polar surface area (TPSA) is 17.8 Å². The Morgan fingerprint density at radius 3 is 2.60 bits per heavy atom. The Kier molecular flexibility index (Phi) is 5.85. The number of benzene rings is 1. The maximum Gasteiger partial charge on any atom is 0.0948 e. The summed E-state index contributed by atoms with van der Waals surface area (Å²) in [5, 5.41) is 0. The molecule has 0 aliphatic rings. The summed E-state index contributed by atoms with van der Waals surface area (Å²) in [6.45, 7) is 4.63. The third kappa shape index (κ3) is 4.22. The van der Waals surface area contributed by atoms with Crippen molar-refractivity contribution in [3.8, 4) is 0 Å². The molecule has 0 radical (unpaired) electrons. The predicted octanol–water partition coefficient (Wildman–Crippen LogP) is 4.88. The lowest BCUT2D eigenvalue weighted by atomic mass is 9.90. The lowest BCUT2D eigenvalue weighted by Crippen LogP contribution is -2.18. The van der Waals surface area contributed by atoms with E-state index in [0.29, 0.717) is 12.0 Å². The Hall–Kier alpha value is -1.57. The van der Waals surface area contributed by atoms with E-state index in [4.69, 9.17) is 0 Å². The fourth-order valence-electron chi connectivity index (χ4n) is 2.92. The lowest BCUT2D eigenvalue weighted by Gasteiger charge is -2.25. The molecule has 0 saturated heterocycles. The first-order chi connectivity index (χ1) is 9.81. The van der Waals surface area contributed by atoms with Gasteiger partial charge in [0.1, 0.15) is 0 Å². The summed E-state index contributed by atoms with van der Waals surface area (Å²) in [5.74, 6) is 0.628. The quantitative estimate of drug-likeness (QED) is 0.625. The van der Waals surface area contributed by atoms with E-state index in [0.717, 1.165) is 6.42 Å². The van der Waals surface area contributed by atoms with Gasteiger partial charge >= 0.3 is 0 Å². The number of aromatic nitrogens is 2. The first-order valence-electron chi connectivity index (χ1n) is 7.82. The van der Waals surface area contributed by atoms with Crippen LogP contribution >= 0.6 is 0 Å². The van der Waals surface area contributed by atoms with Gasteiger partial charge in [0.05, 0.1) is 6.33 Å².